The molecule has 2 aliphatic rings. The van der Waals surface area contributed by atoms with Gasteiger partial charge in [0.1, 0.15) is 5.52 Å². The van der Waals surface area contributed by atoms with E-state index in [0.717, 1.165) is 101 Å². The molecule has 64 heavy (non-hydrogen) atoms. The highest BCUT2D eigenvalue weighted by Crippen LogP contribution is 2.31. The Morgan fingerprint density at radius 3 is 1.84 bits per heavy atom. The van der Waals surface area contributed by atoms with Crippen molar-refractivity contribution in [3.63, 3.8) is 0 Å². The highest BCUT2D eigenvalue weighted by Gasteiger charge is 2.22. The van der Waals surface area contributed by atoms with Crippen molar-refractivity contribution < 1.29 is 15.2 Å². The molecule has 2 aliphatic heterocycles. The maximum atomic E-state index is 9.96. The maximum absolute atomic E-state index is 9.96. The van der Waals surface area contributed by atoms with E-state index < -0.39 is 7.15 Å². The van der Waals surface area contributed by atoms with E-state index in [4.69, 9.17) is 43.9 Å². The van der Waals surface area contributed by atoms with Crippen molar-refractivity contribution in [3.05, 3.63) is 152 Å². The number of morpholine rings is 1. The van der Waals surface area contributed by atoms with Gasteiger partial charge in [-0.1, -0.05) is 36.4 Å². The summed E-state index contributed by atoms with van der Waals surface area (Å²) in [6.45, 7) is 4.66. The number of ether oxygens (including phenoxy) is 2. The molecule has 16 heteroatoms. The van der Waals surface area contributed by atoms with E-state index in [1.54, 1.807) is 0 Å². The molecular weight excluding hydrogens is 846 g/mol. The summed E-state index contributed by atoms with van der Waals surface area (Å²) in [5, 5.41) is 18.6. The van der Waals surface area contributed by atoms with Gasteiger partial charge < -0.3 is 30.7 Å². The zero-order valence-corrected chi connectivity index (χ0v) is 36.6. The predicted molar refractivity (Wildman–Crippen MR) is 262 cm³/mol. The number of rotatable bonds is 7. The molecule has 0 aliphatic carbocycles. The average Bonchev–Trinajstić information content (AvgIpc) is 4.04. The number of halogens is 1. The third-order valence-corrected chi connectivity index (χ3v) is 10.5. The van der Waals surface area contributed by atoms with E-state index in [1.165, 1.54) is 0 Å². The number of nitrogens with one attached hydrogen (secondary N) is 2. The van der Waals surface area contributed by atoms with E-state index in [-0.39, 0.29) is 0 Å². The highest BCUT2D eigenvalue weighted by molar-refractivity contribution is 7.80. The van der Waals surface area contributed by atoms with Gasteiger partial charge in [0.05, 0.1) is 43.8 Å². The minimum Gasteiger partial charge on any atom is -0.399 e. The van der Waals surface area contributed by atoms with Crippen molar-refractivity contribution in [1.82, 2.24) is 29.2 Å². The van der Waals surface area contributed by atoms with Gasteiger partial charge in [-0.05, 0) is 134 Å². The molecule has 6 heterocycles. The highest BCUT2D eigenvalue weighted by atomic mass is 32.1. The van der Waals surface area contributed by atoms with Crippen molar-refractivity contribution in [2.45, 2.75) is 18.8 Å². The lowest BCUT2D eigenvalue weighted by atomic mass is 9.95. The number of para-hydroxylation sites is 2. The number of aromatic nitrogens is 6. The summed E-state index contributed by atoms with van der Waals surface area (Å²) in [4.78, 5) is 16.0. The molecule has 0 bridgehead atoms. The molecule has 4 aromatic heterocycles. The molecule has 0 spiro atoms. The fraction of sp³-hybridized carbons (Fsp3) is 0.208. The molecular formula is C48H48FN11O2S2. The Morgan fingerprint density at radius 1 is 0.719 bits per heavy atom. The quantitative estimate of drug-likeness (QED) is 0.0796. The Morgan fingerprint density at radius 2 is 1.25 bits per heavy atom. The van der Waals surface area contributed by atoms with Gasteiger partial charge in [0.25, 0.3) is 0 Å². The zero-order valence-electron chi connectivity index (χ0n) is 36.0. The number of benzene rings is 4. The largest absolute Gasteiger partial charge is 0.399 e. The average molecular weight is 895 g/mol. The number of fused-ring (bicyclic) bond motifs is 2. The van der Waals surface area contributed by atoms with Crippen LogP contribution in [0.25, 0.3) is 33.8 Å². The Hall–Kier alpha value is -6.94. The van der Waals surface area contributed by atoms with Crippen LogP contribution in [0, 0.1) is 0 Å². The molecule has 2 fully saturated rings. The molecule has 8 aromatic rings. The fourth-order valence-corrected chi connectivity index (χ4v) is 7.45. The van der Waals surface area contributed by atoms with Gasteiger partial charge >= 0.3 is 0 Å². The molecule has 0 unspecified atom stereocenters. The van der Waals surface area contributed by atoms with E-state index in [9.17, 15) is 4.39 Å². The van der Waals surface area contributed by atoms with Crippen LogP contribution in [0.1, 0.15) is 25.8 Å². The van der Waals surface area contributed by atoms with Gasteiger partial charge in [-0.25, -0.2) is 19.0 Å². The molecule has 0 atom stereocenters. The molecule has 0 saturated carbocycles. The predicted octanol–water partition coefficient (Wildman–Crippen LogP) is 9.92. The first-order valence-electron chi connectivity index (χ1n) is 21.3. The molecule has 4 aromatic carbocycles. The van der Waals surface area contributed by atoms with Crippen molar-refractivity contribution in [2.24, 2.45) is 4.99 Å². The van der Waals surface area contributed by atoms with E-state index >= 15 is 0 Å². The van der Waals surface area contributed by atoms with Crippen LogP contribution in [0.4, 0.5) is 33.0 Å². The number of nitrogens with zero attached hydrogens (tertiary/aromatic N) is 8. The molecule has 0 radical (unpaired) electrons. The van der Waals surface area contributed by atoms with Gasteiger partial charge in [-0.3, -0.25) is 4.39 Å². The first kappa shape index (κ1) is 43.7. The number of nitrogen functional groups attached to an aromatic ring is 1. The summed E-state index contributed by atoms with van der Waals surface area (Å²) >= 11 is 10.0. The van der Waals surface area contributed by atoms with Crippen molar-refractivity contribution >= 4 is 74.3 Å². The molecule has 326 valence electrons. The summed E-state index contributed by atoms with van der Waals surface area (Å²) in [6, 6.07) is 43.1. The van der Waals surface area contributed by atoms with Crippen LogP contribution in [0.5, 0.6) is 0 Å². The normalized spacial score (nSPS) is 13.7. The number of anilines is 4. The summed E-state index contributed by atoms with van der Waals surface area (Å²) < 4.78 is 30.3. The number of nitrogens with two attached hydrogens (primary N) is 1. The van der Waals surface area contributed by atoms with Gasteiger partial charge in [-0.2, -0.15) is 4.99 Å². The molecule has 10 rings (SSSR count). The van der Waals surface area contributed by atoms with Crippen LogP contribution < -0.4 is 21.3 Å². The topological polar surface area (TPSA) is 145 Å². The van der Waals surface area contributed by atoms with Crippen LogP contribution in [-0.4, -0.2) is 86.1 Å². The Balaban J connectivity index is 0.000000163. The summed E-state index contributed by atoms with van der Waals surface area (Å²) in [6.07, 6.45) is 5.92. The second kappa shape index (κ2) is 22.9. The molecule has 0 amide bonds. The monoisotopic (exact) mass is 894 g/mol. The van der Waals surface area contributed by atoms with E-state index in [0.29, 0.717) is 30.1 Å². The van der Waals surface area contributed by atoms with Crippen molar-refractivity contribution in [1.29, 1.82) is 0 Å². The van der Waals surface area contributed by atoms with Gasteiger partial charge in [0, 0.05) is 72.8 Å². The first-order valence-corrected chi connectivity index (χ1v) is 21.4. The SMILES string of the molecule is Nc1ccccc1.S=C(Nc1ccccc1)Nc1ccc(-c2nc(N3CCOCC3)c3cccn3n2)cc1.S=C=Nc1ccc(-c2nc(C3CCOCC3)c3cccn3n2)cc1.[2H]CF. The van der Waals surface area contributed by atoms with Crippen LogP contribution >= 0.6 is 24.4 Å². The van der Waals surface area contributed by atoms with Gasteiger partial charge in [-0.15, -0.1) is 10.2 Å². The van der Waals surface area contributed by atoms with Crippen molar-refractivity contribution in [3.8, 4) is 22.8 Å². The zero-order chi connectivity index (χ0) is 45.2. The lowest BCUT2D eigenvalue weighted by Gasteiger charge is -2.28. The minimum atomic E-state index is -1.00. The van der Waals surface area contributed by atoms with Crippen LogP contribution in [0.2, 0.25) is 0 Å². The van der Waals surface area contributed by atoms with Crippen molar-refractivity contribution in [2.75, 3.05) is 67.9 Å². The number of alkyl halides is 1. The molecule has 13 nitrogen and oxygen atoms in total. The summed E-state index contributed by atoms with van der Waals surface area (Å²) in [5.41, 5.74) is 13.9. The summed E-state index contributed by atoms with van der Waals surface area (Å²) in [5.74, 6) is 2.75. The van der Waals surface area contributed by atoms with Gasteiger partial charge in [0.2, 0.25) is 0 Å². The van der Waals surface area contributed by atoms with Crippen LogP contribution in [0.15, 0.2) is 151 Å². The Bertz CT molecular complexity index is 2780. The van der Waals surface area contributed by atoms with Crippen LogP contribution in [0.3, 0.4) is 0 Å². The summed E-state index contributed by atoms with van der Waals surface area (Å²) in [7, 11) is -1.00. The Labute approximate surface area is 383 Å². The number of isothiocyanates is 1. The fourth-order valence-electron chi connectivity index (χ4n) is 7.11. The van der Waals surface area contributed by atoms with Crippen LogP contribution in [-0.2, 0) is 9.47 Å². The second-order valence-corrected chi connectivity index (χ2v) is 15.0. The standard InChI is InChI=1S/C23H22N6OS.C18H16N4OS.C6H7N.CH3F/c31-23(24-18-5-2-1-3-6-18)25-19-10-8-17(9-11-19)21-26-22(28-13-15-30-16-14-28)20-7-4-12-29(20)27-21;24-12-19-15-5-3-14(4-6-15)18-20-17(13-7-10-23-11-8-13)16-2-1-9-22(16)21-18;7-6-4-2-1-3-5-6;1-2/h1-12H,13-16H2,(H2,24,25,31);1-6,9,13H,7-8,10-11H2;1-5H,7H2;1H3/i;;;1D. The number of thiocarbonyl (C=S) groups is 2. The lowest BCUT2D eigenvalue weighted by Crippen LogP contribution is -2.37. The number of aliphatic imine (C=N–C) groups is 1. The molecule has 4 N–H and O–H groups in total. The lowest BCUT2D eigenvalue weighted by molar-refractivity contribution is 0.0847. The smallest absolute Gasteiger partial charge is 0.182 e. The number of hydrogen-bond acceptors (Lipinski definition) is 11. The third kappa shape index (κ3) is 11.9. The number of hydrogen-bond donors (Lipinski definition) is 3. The maximum Gasteiger partial charge on any atom is 0.182 e. The first-order chi connectivity index (χ1) is 31.9. The minimum absolute atomic E-state index is 0.414. The molecule has 2 saturated heterocycles. The second-order valence-electron chi connectivity index (χ2n) is 14.4. The third-order valence-electron chi connectivity index (χ3n) is 10.2. The van der Waals surface area contributed by atoms with Gasteiger partial charge in [0.15, 0.2) is 22.6 Å². The van der Waals surface area contributed by atoms with E-state index in [1.807, 2.05) is 149 Å². The van der Waals surface area contributed by atoms with E-state index in [2.05, 4.69) is 49.1 Å². The Kier molecular flexibility index (Phi) is 15.7.